The summed E-state index contributed by atoms with van der Waals surface area (Å²) in [5.74, 6) is 0.882. The minimum atomic E-state index is -0.241. The van der Waals surface area contributed by atoms with Crippen molar-refractivity contribution in [2.45, 2.75) is 6.92 Å². The highest BCUT2D eigenvalue weighted by Crippen LogP contribution is 2.29. The number of likely N-dealkylation sites (N-methyl/N-ethyl adjacent to an activating group) is 1. The Morgan fingerprint density at radius 1 is 1.17 bits per heavy atom. The van der Waals surface area contributed by atoms with E-state index in [0.717, 1.165) is 18.7 Å². The number of methoxy groups -OCH3 is 2. The number of hydrogen-bond donors (Lipinski definition) is 1. The highest BCUT2D eigenvalue weighted by atomic mass is 16.5. The van der Waals surface area contributed by atoms with Crippen molar-refractivity contribution in [3.8, 4) is 11.5 Å². The molecule has 0 spiro atoms. The number of hydrogen-bond acceptors (Lipinski definition) is 5. The molecule has 1 aromatic rings. The molecule has 0 atom stereocenters. The van der Waals surface area contributed by atoms with Gasteiger partial charge in [-0.3, -0.25) is 9.59 Å². The summed E-state index contributed by atoms with van der Waals surface area (Å²) in [6.45, 7) is 4.84. The Morgan fingerprint density at radius 3 is 2.21 bits per heavy atom. The average molecular weight is 335 g/mol. The number of ether oxygens (including phenoxy) is 2. The molecular weight excluding hydrogens is 310 g/mol. The van der Waals surface area contributed by atoms with Crippen LogP contribution in [0.4, 0.5) is 0 Å². The van der Waals surface area contributed by atoms with Crippen molar-refractivity contribution in [2.75, 3.05) is 54.0 Å². The molecule has 1 fully saturated rings. The van der Waals surface area contributed by atoms with Gasteiger partial charge in [-0.2, -0.15) is 0 Å². The number of benzene rings is 1. The number of nitrogens with zero attached hydrogens (tertiary/aromatic N) is 2. The SMILES string of the molecule is COc1cc(C(=O)N(C)CC(=O)N2CCNCC2)cc(OC)c1C. The van der Waals surface area contributed by atoms with Gasteiger partial charge < -0.3 is 24.6 Å². The molecular formula is C17H25N3O4. The summed E-state index contributed by atoms with van der Waals surface area (Å²) < 4.78 is 10.6. The van der Waals surface area contributed by atoms with E-state index < -0.39 is 0 Å². The Kier molecular flexibility index (Phi) is 6.03. The maximum Gasteiger partial charge on any atom is 0.254 e. The summed E-state index contributed by atoms with van der Waals surface area (Å²) in [7, 11) is 4.72. The van der Waals surface area contributed by atoms with E-state index in [0.29, 0.717) is 30.2 Å². The Labute approximate surface area is 142 Å². The summed E-state index contributed by atoms with van der Waals surface area (Å²) in [5, 5.41) is 3.20. The normalized spacial score (nSPS) is 14.2. The first-order valence-electron chi connectivity index (χ1n) is 7.94. The minimum Gasteiger partial charge on any atom is -0.496 e. The van der Waals surface area contributed by atoms with E-state index in [1.54, 1.807) is 38.3 Å². The van der Waals surface area contributed by atoms with Gasteiger partial charge in [-0.1, -0.05) is 0 Å². The first kappa shape index (κ1) is 18.1. The second-order valence-corrected chi connectivity index (χ2v) is 5.80. The van der Waals surface area contributed by atoms with Crippen LogP contribution >= 0.6 is 0 Å². The van der Waals surface area contributed by atoms with Gasteiger partial charge in [0.2, 0.25) is 5.91 Å². The molecule has 0 unspecified atom stereocenters. The van der Waals surface area contributed by atoms with Crippen LogP contribution in [-0.2, 0) is 4.79 Å². The van der Waals surface area contributed by atoms with Gasteiger partial charge >= 0.3 is 0 Å². The monoisotopic (exact) mass is 335 g/mol. The predicted octanol–water partition coefficient (Wildman–Crippen LogP) is 0.516. The molecule has 7 nitrogen and oxygen atoms in total. The van der Waals surface area contributed by atoms with E-state index in [-0.39, 0.29) is 18.4 Å². The third-order valence-electron chi connectivity index (χ3n) is 4.19. The molecule has 132 valence electrons. The maximum absolute atomic E-state index is 12.6. The quantitative estimate of drug-likeness (QED) is 0.849. The van der Waals surface area contributed by atoms with Crippen LogP contribution in [-0.4, -0.2) is 75.6 Å². The van der Waals surface area contributed by atoms with Gasteiger partial charge in [-0.05, 0) is 19.1 Å². The highest BCUT2D eigenvalue weighted by molar-refractivity contribution is 5.97. The number of nitrogens with one attached hydrogen (secondary N) is 1. The van der Waals surface area contributed by atoms with Crippen molar-refractivity contribution in [1.29, 1.82) is 0 Å². The fraction of sp³-hybridized carbons (Fsp3) is 0.529. The van der Waals surface area contributed by atoms with Gasteiger partial charge in [0.15, 0.2) is 0 Å². The Balaban J connectivity index is 2.11. The van der Waals surface area contributed by atoms with Crippen LogP contribution < -0.4 is 14.8 Å². The number of piperazine rings is 1. The second kappa shape index (κ2) is 8.01. The van der Waals surface area contributed by atoms with Crippen molar-refractivity contribution in [2.24, 2.45) is 0 Å². The van der Waals surface area contributed by atoms with Crippen molar-refractivity contribution in [3.05, 3.63) is 23.3 Å². The third kappa shape index (κ3) is 3.97. The van der Waals surface area contributed by atoms with E-state index in [9.17, 15) is 9.59 Å². The molecule has 0 saturated carbocycles. The molecule has 1 aliphatic heterocycles. The van der Waals surface area contributed by atoms with Gasteiger partial charge in [0.25, 0.3) is 5.91 Å². The van der Waals surface area contributed by atoms with Crippen LogP contribution in [0.15, 0.2) is 12.1 Å². The van der Waals surface area contributed by atoms with Gasteiger partial charge in [0.1, 0.15) is 11.5 Å². The lowest BCUT2D eigenvalue weighted by atomic mass is 10.1. The Hall–Kier alpha value is -2.28. The topological polar surface area (TPSA) is 71.1 Å². The largest absolute Gasteiger partial charge is 0.496 e. The highest BCUT2D eigenvalue weighted by Gasteiger charge is 2.22. The number of amides is 2. The van der Waals surface area contributed by atoms with E-state index in [1.165, 1.54) is 4.90 Å². The number of carbonyl (C=O) groups is 2. The summed E-state index contributed by atoms with van der Waals surface area (Å²) in [5.41, 5.74) is 1.26. The van der Waals surface area contributed by atoms with Gasteiger partial charge in [-0.25, -0.2) is 0 Å². The zero-order chi connectivity index (χ0) is 17.7. The van der Waals surface area contributed by atoms with E-state index in [2.05, 4.69) is 5.32 Å². The average Bonchev–Trinajstić information content (AvgIpc) is 2.61. The third-order valence-corrected chi connectivity index (χ3v) is 4.19. The summed E-state index contributed by atoms with van der Waals surface area (Å²) in [6, 6.07) is 3.35. The fourth-order valence-corrected chi connectivity index (χ4v) is 2.72. The molecule has 7 heteroatoms. The molecule has 1 N–H and O–H groups in total. The molecule has 2 amide bonds. The smallest absolute Gasteiger partial charge is 0.254 e. The lowest BCUT2D eigenvalue weighted by Gasteiger charge is -2.29. The molecule has 1 aromatic carbocycles. The van der Waals surface area contributed by atoms with Gasteiger partial charge in [-0.15, -0.1) is 0 Å². The molecule has 0 radical (unpaired) electrons. The maximum atomic E-state index is 12.6. The Morgan fingerprint density at radius 2 is 1.71 bits per heavy atom. The van der Waals surface area contributed by atoms with Crippen LogP contribution in [0.2, 0.25) is 0 Å². The van der Waals surface area contributed by atoms with Crippen LogP contribution in [0, 0.1) is 6.92 Å². The van der Waals surface area contributed by atoms with Gasteiger partial charge in [0.05, 0.1) is 20.8 Å². The molecule has 0 bridgehead atoms. The first-order valence-corrected chi connectivity index (χ1v) is 7.94. The van der Waals surface area contributed by atoms with E-state index >= 15 is 0 Å². The summed E-state index contributed by atoms with van der Waals surface area (Å²) >= 11 is 0. The zero-order valence-electron chi connectivity index (χ0n) is 14.7. The van der Waals surface area contributed by atoms with Crippen LogP contribution in [0.3, 0.4) is 0 Å². The molecule has 1 heterocycles. The van der Waals surface area contributed by atoms with Crippen molar-refractivity contribution in [3.63, 3.8) is 0 Å². The van der Waals surface area contributed by atoms with Gasteiger partial charge in [0, 0.05) is 44.4 Å². The predicted molar refractivity (Wildman–Crippen MR) is 90.7 cm³/mol. The molecule has 24 heavy (non-hydrogen) atoms. The molecule has 1 saturated heterocycles. The van der Waals surface area contributed by atoms with Crippen LogP contribution in [0.1, 0.15) is 15.9 Å². The van der Waals surface area contributed by atoms with Crippen LogP contribution in [0.5, 0.6) is 11.5 Å². The molecule has 1 aliphatic rings. The van der Waals surface area contributed by atoms with Crippen molar-refractivity contribution < 1.29 is 19.1 Å². The zero-order valence-corrected chi connectivity index (χ0v) is 14.7. The lowest BCUT2D eigenvalue weighted by molar-refractivity contribution is -0.132. The minimum absolute atomic E-state index is 0.0432. The molecule has 2 rings (SSSR count). The van der Waals surface area contributed by atoms with Crippen molar-refractivity contribution >= 4 is 11.8 Å². The number of carbonyl (C=O) groups excluding carboxylic acids is 2. The number of rotatable bonds is 5. The standard InChI is InChI=1S/C17H25N3O4/c1-12-14(23-3)9-13(10-15(12)24-4)17(22)19(2)11-16(21)20-7-5-18-6-8-20/h9-10,18H,5-8,11H2,1-4H3. The van der Waals surface area contributed by atoms with E-state index in [4.69, 9.17) is 9.47 Å². The summed E-state index contributed by atoms with van der Waals surface area (Å²) in [4.78, 5) is 28.1. The molecule has 0 aliphatic carbocycles. The van der Waals surface area contributed by atoms with Crippen molar-refractivity contribution in [1.82, 2.24) is 15.1 Å². The lowest BCUT2D eigenvalue weighted by Crippen LogP contribution is -2.49. The Bertz CT molecular complexity index is 587. The molecule has 0 aromatic heterocycles. The summed E-state index contributed by atoms with van der Waals surface area (Å²) in [6.07, 6.45) is 0. The first-order chi connectivity index (χ1) is 11.5. The van der Waals surface area contributed by atoms with E-state index in [1.807, 2.05) is 6.92 Å². The fourth-order valence-electron chi connectivity index (χ4n) is 2.72. The second-order valence-electron chi connectivity index (χ2n) is 5.80. The van der Waals surface area contributed by atoms with Crippen LogP contribution in [0.25, 0.3) is 0 Å².